The van der Waals surface area contributed by atoms with Crippen LogP contribution >= 0.6 is 0 Å². The molecule has 0 aliphatic carbocycles. The number of hydrogen-bond donors (Lipinski definition) is 1. The minimum absolute atomic E-state index is 0.0104. The molecule has 0 radical (unpaired) electrons. The molecular formula is C18H34N4OS. The SMILES string of the molecule is Cc1nc([C@@H](N[S+]([O-])C(C)(C)C)C(C)C)cn1C[C@H]1CCN(C)C1. The van der Waals surface area contributed by atoms with Crippen LogP contribution in [0.5, 0.6) is 0 Å². The van der Waals surface area contributed by atoms with E-state index >= 15 is 0 Å². The van der Waals surface area contributed by atoms with Crippen LogP contribution in [0.1, 0.15) is 58.6 Å². The van der Waals surface area contributed by atoms with E-state index in [1.165, 1.54) is 13.0 Å². The molecule has 2 heterocycles. The average molecular weight is 355 g/mol. The van der Waals surface area contributed by atoms with Crippen molar-refractivity contribution in [2.24, 2.45) is 11.8 Å². The first-order valence-electron chi connectivity index (χ1n) is 8.98. The molecule has 1 unspecified atom stereocenters. The molecule has 138 valence electrons. The predicted molar refractivity (Wildman–Crippen MR) is 101 cm³/mol. The van der Waals surface area contributed by atoms with Crippen molar-refractivity contribution in [2.75, 3.05) is 20.1 Å². The van der Waals surface area contributed by atoms with Crippen molar-refractivity contribution in [1.29, 1.82) is 0 Å². The Morgan fingerprint density at radius 1 is 1.42 bits per heavy atom. The summed E-state index contributed by atoms with van der Waals surface area (Å²) >= 11 is -1.10. The summed E-state index contributed by atoms with van der Waals surface area (Å²) in [5.74, 6) is 2.08. The third-order valence-corrected chi connectivity index (χ3v) is 6.29. The molecule has 24 heavy (non-hydrogen) atoms. The maximum atomic E-state index is 12.5. The highest BCUT2D eigenvalue weighted by atomic mass is 32.2. The Kier molecular flexibility index (Phi) is 6.40. The van der Waals surface area contributed by atoms with E-state index in [1.807, 2.05) is 20.8 Å². The van der Waals surface area contributed by atoms with Crippen LogP contribution in [-0.4, -0.2) is 43.9 Å². The molecule has 6 heteroatoms. The van der Waals surface area contributed by atoms with Crippen LogP contribution in [-0.2, 0) is 17.9 Å². The molecule has 1 aromatic rings. The van der Waals surface area contributed by atoms with Crippen molar-refractivity contribution in [2.45, 2.75) is 65.3 Å². The smallest absolute Gasteiger partial charge is 0.136 e. The van der Waals surface area contributed by atoms with Crippen molar-refractivity contribution in [1.82, 2.24) is 19.2 Å². The molecule has 0 spiro atoms. The van der Waals surface area contributed by atoms with Gasteiger partial charge in [0.1, 0.15) is 10.6 Å². The summed E-state index contributed by atoms with van der Waals surface area (Å²) in [6, 6.07) is 0.0104. The fourth-order valence-electron chi connectivity index (χ4n) is 3.15. The summed E-state index contributed by atoms with van der Waals surface area (Å²) < 4.78 is 17.8. The third kappa shape index (κ3) is 4.97. The first kappa shape index (κ1) is 19.8. The highest BCUT2D eigenvalue weighted by molar-refractivity contribution is 7.90. The summed E-state index contributed by atoms with van der Waals surface area (Å²) in [4.78, 5) is 7.17. The van der Waals surface area contributed by atoms with Gasteiger partial charge in [0.05, 0.1) is 11.7 Å². The standard InChI is InChI=1S/C18H34N4OS/c1-13(2)17(20-24(23)18(4,5)6)16-12-22(14(3)19-16)11-15-8-9-21(7)10-15/h12-13,15,17,20H,8-11H2,1-7H3/t15-,17-,24?/m0/s1. The maximum Gasteiger partial charge on any atom is 0.136 e. The van der Waals surface area contributed by atoms with Gasteiger partial charge < -0.3 is 14.0 Å². The van der Waals surface area contributed by atoms with Crippen LogP contribution in [0.3, 0.4) is 0 Å². The minimum atomic E-state index is -1.10. The van der Waals surface area contributed by atoms with Crippen molar-refractivity contribution < 1.29 is 4.55 Å². The number of nitrogens with one attached hydrogen (secondary N) is 1. The second-order valence-corrected chi connectivity index (χ2v) is 10.5. The quantitative estimate of drug-likeness (QED) is 0.798. The minimum Gasteiger partial charge on any atom is -0.598 e. The van der Waals surface area contributed by atoms with Gasteiger partial charge >= 0.3 is 0 Å². The number of rotatable bonds is 6. The van der Waals surface area contributed by atoms with Crippen molar-refractivity contribution in [3.63, 3.8) is 0 Å². The highest BCUT2D eigenvalue weighted by Gasteiger charge is 2.32. The average Bonchev–Trinajstić information content (AvgIpc) is 3.01. The lowest BCUT2D eigenvalue weighted by molar-refractivity contribution is 0.376. The Labute approximate surface area is 150 Å². The summed E-state index contributed by atoms with van der Waals surface area (Å²) in [5.41, 5.74) is 1.01. The molecule has 0 bridgehead atoms. The zero-order valence-corrected chi connectivity index (χ0v) is 17.1. The van der Waals surface area contributed by atoms with E-state index < -0.39 is 11.4 Å². The van der Waals surface area contributed by atoms with Gasteiger partial charge in [-0.15, -0.1) is 4.72 Å². The van der Waals surface area contributed by atoms with Crippen LogP contribution in [0.15, 0.2) is 6.20 Å². The lowest BCUT2D eigenvalue weighted by Gasteiger charge is -2.28. The van der Waals surface area contributed by atoms with Gasteiger partial charge in [-0.05, 0) is 59.5 Å². The number of hydrogen-bond acceptors (Lipinski definition) is 4. The zero-order valence-electron chi connectivity index (χ0n) is 16.3. The van der Waals surface area contributed by atoms with Crippen LogP contribution < -0.4 is 4.72 Å². The highest BCUT2D eigenvalue weighted by Crippen LogP contribution is 2.26. The van der Waals surface area contributed by atoms with Crippen LogP contribution in [0.25, 0.3) is 0 Å². The molecule has 0 amide bonds. The van der Waals surface area contributed by atoms with Gasteiger partial charge in [-0.25, -0.2) is 4.98 Å². The molecule has 1 saturated heterocycles. The molecule has 1 aliphatic rings. The van der Waals surface area contributed by atoms with Gasteiger partial charge in [-0.2, -0.15) is 0 Å². The lowest BCUT2D eigenvalue weighted by atomic mass is 10.0. The van der Waals surface area contributed by atoms with Crippen molar-refractivity contribution in [3.05, 3.63) is 17.7 Å². The molecule has 1 fully saturated rings. The number of aryl methyl sites for hydroxylation is 1. The molecule has 1 N–H and O–H groups in total. The lowest BCUT2D eigenvalue weighted by Crippen LogP contribution is -2.42. The maximum absolute atomic E-state index is 12.5. The van der Waals surface area contributed by atoms with Gasteiger partial charge in [0.25, 0.3) is 0 Å². The zero-order chi connectivity index (χ0) is 18.1. The predicted octanol–water partition coefficient (Wildman–Crippen LogP) is 2.89. The molecule has 0 aromatic carbocycles. The molecule has 0 saturated carbocycles. The topological polar surface area (TPSA) is 56.2 Å². The van der Waals surface area contributed by atoms with E-state index in [1.54, 1.807) is 0 Å². The van der Waals surface area contributed by atoms with Gasteiger partial charge in [0.2, 0.25) is 0 Å². The third-order valence-electron chi connectivity index (χ3n) is 4.71. The van der Waals surface area contributed by atoms with Gasteiger partial charge in [0.15, 0.2) is 0 Å². The van der Waals surface area contributed by atoms with E-state index in [9.17, 15) is 4.55 Å². The number of imidazole rings is 1. The largest absolute Gasteiger partial charge is 0.598 e. The van der Waals surface area contributed by atoms with E-state index in [-0.39, 0.29) is 10.8 Å². The molecule has 1 aromatic heterocycles. The van der Waals surface area contributed by atoms with E-state index in [0.29, 0.717) is 11.8 Å². The van der Waals surface area contributed by atoms with Crippen LogP contribution in [0.2, 0.25) is 0 Å². The fourth-order valence-corrected chi connectivity index (χ4v) is 4.13. The normalized spacial score (nSPS) is 22.3. The fraction of sp³-hybridized carbons (Fsp3) is 0.833. The number of nitrogens with zero attached hydrogens (tertiary/aromatic N) is 3. The van der Waals surface area contributed by atoms with Crippen LogP contribution in [0.4, 0.5) is 0 Å². The summed E-state index contributed by atoms with van der Waals surface area (Å²) in [5, 5.41) is 0. The summed E-state index contributed by atoms with van der Waals surface area (Å²) in [7, 11) is 2.19. The first-order chi connectivity index (χ1) is 11.1. The summed E-state index contributed by atoms with van der Waals surface area (Å²) in [6.07, 6.45) is 3.41. The molecule has 5 nitrogen and oxygen atoms in total. The van der Waals surface area contributed by atoms with Crippen LogP contribution in [0, 0.1) is 18.8 Å². The van der Waals surface area contributed by atoms with Gasteiger partial charge in [-0.3, -0.25) is 0 Å². The van der Waals surface area contributed by atoms with Gasteiger partial charge in [-0.1, -0.05) is 13.8 Å². The summed E-state index contributed by atoms with van der Waals surface area (Å²) in [6.45, 7) is 15.7. The first-order valence-corrected chi connectivity index (χ1v) is 10.1. The number of likely N-dealkylation sites (tertiary alicyclic amines) is 1. The Balaban J connectivity index is 2.12. The number of aromatic nitrogens is 2. The van der Waals surface area contributed by atoms with E-state index in [0.717, 1.165) is 24.6 Å². The Bertz CT molecular complexity index is 538. The van der Waals surface area contributed by atoms with Crippen molar-refractivity contribution in [3.8, 4) is 0 Å². The second-order valence-electron chi connectivity index (χ2n) is 8.50. The van der Waals surface area contributed by atoms with E-state index in [2.05, 4.69) is 48.2 Å². The molecule has 3 atom stereocenters. The molecule has 1 aliphatic heterocycles. The Morgan fingerprint density at radius 2 is 2.08 bits per heavy atom. The monoisotopic (exact) mass is 354 g/mol. The van der Waals surface area contributed by atoms with E-state index in [4.69, 9.17) is 4.98 Å². The molecule has 2 rings (SSSR count). The van der Waals surface area contributed by atoms with Crippen molar-refractivity contribution >= 4 is 11.4 Å². The Hall–Kier alpha value is -0.560. The molecular weight excluding hydrogens is 320 g/mol. The second kappa shape index (κ2) is 7.77. The Morgan fingerprint density at radius 3 is 2.58 bits per heavy atom. The van der Waals surface area contributed by atoms with Gasteiger partial charge in [0, 0.05) is 30.6 Å².